The van der Waals surface area contributed by atoms with Crippen LogP contribution in [0, 0.1) is 6.92 Å². The second kappa shape index (κ2) is 3.76. The Kier molecular flexibility index (Phi) is 2.24. The van der Waals surface area contributed by atoms with Crippen LogP contribution in [0.5, 0.6) is 0 Å². The topological polar surface area (TPSA) is 68.8 Å². The second-order valence-electron chi connectivity index (χ2n) is 4.33. The molecular weight excluding hydrogens is 214 g/mol. The maximum absolute atomic E-state index is 5.83. The van der Waals surface area contributed by atoms with E-state index in [-0.39, 0.29) is 6.04 Å². The van der Waals surface area contributed by atoms with Crippen LogP contribution in [0.15, 0.2) is 24.3 Å². The largest absolute Gasteiger partial charge is 0.399 e. The molecule has 0 radical (unpaired) electrons. The van der Waals surface area contributed by atoms with Gasteiger partial charge in [-0.05, 0) is 31.0 Å². The molecule has 1 atom stereocenters. The van der Waals surface area contributed by atoms with E-state index in [0.717, 1.165) is 30.4 Å². The summed E-state index contributed by atoms with van der Waals surface area (Å²) in [4.78, 5) is 4.36. The summed E-state index contributed by atoms with van der Waals surface area (Å²) in [5.41, 5.74) is 7.81. The number of hydrogen-bond acceptors (Lipinski definition) is 4. The Morgan fingerprint density at radius 3 is 3.18 bits per heavy atom. The van der Waals surface area contributed by atoms with Crippen LogP contribution in [0.1, 0.15) is 23.9 Å². The van der Waals surface area contributed by atoms with Crippen molar-refractivity contribution in [2.24, 2.45) is 0 Å². The van der Waals surface area contributed by atoms with E-state index >= 15 is 0 Å². The fourth-order valence-electron chi connectivity index (χ4n) is 2.29. The average molecular weight is 229 g/mol. The van der Waals surface area contributed by atoms with Gasteiger partial charge in [-0.3, -0.25) is 0 Å². The summed E-state index contributed by atoms with van der Waals surface area (Å²) in [7, 11) is 0. The lowest BCUT2D eigenvalue weighted by Crippen LogP contribution is -2.24. The van der Waals surface area contributed by atoms with E-state index in [4.69, 9.17) is 5.73 Å². The van der Waals surface area contributed by atoms with Crippen molar-refractivity contribution >= 4 is 11.6 Å². The number of anilines is 2. The molecule has 1 aromatic heterocycles. The summed E-state index contributed by atoms with van der Waals surface area (Å²) in [5.74, 6) is 1.64. The molecule has 1 aliphatic heterocycles. The molecule has 1 unspecified atom stereocenters. The molecule has 0 fully saturated rings. The van der Waals surface area contributed by atoms with Crippen LogP contribution in [-0.4, -0.2) is 21.3 Å². The first-order chi connectivity index (χ1) is 8.24. The van der Waals surface area contributed by atoms with E-state index in [2.05, 4.69) is 21.5 Å². The third-order valence-corrected chi connectivity index (χ3v) is 3.03. The molecule has 1 aliphatic rings. The van der Waals surface area contributed by atoms with Gasteiger partial charge in [0, 0.05) is 12.2 Å². The Morgan fingerprint density at radius 2 is 2.35 bits per heavy atom. The number of fused-ring (bicyclic) bond motifs is 1. The summed E-state index contributed by atoms with van der Waals surface area (Å²) in [6.45, 7) is 2.82. The zero-order valence-corrected chi connectivity index (χ0v) is 9.72. The number of nitrogens with zero attached hydrogens (tertiary/aromatic N) is 3. The van der Waals surface area contributed by atoms with Gasteiger partial charge in [-0.2, -0.15) is 10.1 Å². The molecule has 0 aliphatic carbocycles. The van der Waals surface area contributed by atoms with Gasteiger partial charge in [0.15, 0.2) is 0 Å². The van der Waals surface area contributed by atoms with Crippen molar-refractivity contribution in [1.29, 1.82) is 0 Å². The molecule has 0 spiro atoms. The quantitative estimate of drug-likeness (QED) is 0.728. The minimum absolute atomic E-state index is 0.232. The predicted octanol–water partition coefficient (Wildman–Crippen LogP) is 1.57. The Balaban J connectivity index is 2.05. The molecule has 1 aromatic carbocycles. The van der Waals surface area contributed by atoms with Crippen LogP contribution in [0.4, 0.5) is 11.6 Å². The van der Waals surface area contributed by atoms with Crippen LogP contribution in [-0.2, 0) is 0 Å². The second-order valence-corrected chi connectivity index (χ2v) is 4.33. The Bertz CT molecular complexity index is 546. The van der Waals surface area contributed by atoms with Crippen LogP contribution >= 0.6 is 0 Å². The van der Waals surface area contributed by atoms with Crippen LogP contribution in [0.25, 0.3) is 0 Å². The van der Waals surface area contributed by atoms with E-state index in [0.29, 0.717) is 0 Å². The smallest absolute Gasteiger partial charge is 0.221 e. The van der Waals surface area contributed by atoms with Crippen molar-refractivity contribution in [3.05, 3.63) is 35.7 Å². The van der Waals surface area contributed by atoms with Crippen molar-refractivity contribution in [1.82, 2.24) is 14.8 Å². The minimum atomic E-state index is 0.232. The molecule has 0 saturated carbocycles. The summed E-state index contributed by atoms with van der Waals surface area (Å²) in [6, 6.07) is 8.22. The maximum Gasteiger partial charge on any atom is 0.221 e. The summed E-state index contributed by atoms with van der Waals surface area (Å²) in [5, 5.41) is 7.70. The molecule has 88 valence electrons. The van der Waals surface area contributed by atoms with E-state index in [1.54, 1.807) is 0 Å². The lowest BCUT2D eigenvalue weighted by Gasteiger charge is -2.24. The van der Waals surface area contributed by atoms with Gasteiger partial charge >= 0.3 is 0 Å². The number of hydrogen-bond donors (Lipinski definition) is 2. The fraction of sp³-hybridized carbons (Fsp3) is 0.333. The SMILES string of the molecule is Cc1nc2n(n1)C(c1cccc(N)c1)CCN2. The van der Waals surface area contributed by atoms with Crippen molar-refractivity contribution < 1.29 is 0 Å². The molecule has 0 saturated heterocycles. The van der Waals surface area contributed by atoms with E-state index in [1.807, 2.05) is 29.8 Å². The van der Waals surface area contributed by atoms with Gasteiger partial charge in [0.1, 0.15) is 5.82 Å². The molecule has 2 heterocycles. The van der Waals surface area contributed by atoms with Crippen molar-refractivity contribution in [3.63, 3.8) is 0 Å². The van der Waals surface area contributed by atoms with Crippen molar-refractivity contribution in [2.75, 3.05) is 17.6 Å². The lowest BCUT2D eigenvalue weighted by molar-refractivity contribution is 0.478. The number of benzene rings is 1. The van der Waals surface area contributed by atoms with Crippen molar-refractivity contribution in [2.45, 2.75) is 19.4 Å². The van der Waals surface area contributed by atoms with Gasteiger partial charge in [-0.1, -0.05) is 12.1 Å². The van der Waals surface area contributed by atoms with Crippen LogP contribution in [0.2, 0.25) is 0 Å². The molecule has 0 bridgehead atoms. The summed E-state index contributed by atoms with van der Waals surface area (Å²) >= 11 is 0. The number of nitrogens with one attached hydrogen (secondary N) is 1. The third-order valence-electron chi connectivity index (χ3n) is 3.03. The highest BCUT2D eigenvalue weighted by Crippen LogP contribution is 2.28. The summed E-state index contributed by atoms with van der Waals surface area (Å²) in [6.07, 6.45) is 0.999. The maximum atomic E-state index is 5.83. The number of aromatic nitrogens is 3. The molecule has 5 nitrogen and oxygen atoms in total. The molecule has 3 rings (SSSR count). The first-order valence-electron chi connectivity index (χ1n) is 5.76. The highest BCUT2D eigenvalue weighted by atomic mass is 15.4. The Hall–Kier alpha value is -2.04. The van der Waals surface area contributed by atoms with E-state index in [1.165, 1.54) is 5.56 Å². The zero-order chi connectivity index (χ0) is 11.8. The first kappa shape index (κ1) is 10.1. The number of rotatable bonds is 1. The highest BCUT2D eigenvalue weighted by Gasteiger charge is 2.23. The molecular formula is C12H15N5. The van der Waals surface area contributed by atoms with E-state index < -0.39 is 0 Å². The highest BCUT2D eigenvalue weighted by molar-refractivity contribution is 5.43. The fourth-order valence-corrected chi connectivity index (χ4v) is 2.29. The van der Waals surface area contributed by atoms with E-state index in [9.17, 15) is 0 Å². The standard InChI is InChI=1S/C12H15N5/c1-8-15-12-14-6-5-11(17(12)16-8)9-3-2-4-10(13)7-9/h2-4,7,11H,5-6,13H2,1H3,(H,14,15,16). The Morgan fingerprint density at radius 1 is 1.47 bits per heavy atom. The summed E-state index contributed by atoms with van der Waals surface area (Å²) < 4.78 is 1.95. The van der Waals surface area contributed by atoms with Gasteiger partial charge in [0.25, 0.3) is 0 Å². The Labute approximate surface area is 99.7 Å². The molecule has 5 heteroatoms. The van der Waals surface area contributed by atoms with Crippen LogP contribution < -0.4 is 11.1 Å². The third kappa shape index (κ3) is 1.73. The lowest BCUT2D eigenvalue weighted by atomic mass is 10.0. The van der Waals surface area contributed by atoms with Gasteiger partial charge in [0.05, 0.1) is 6.04 Å². The molecule has 17 heavy (non-hydrogen) atoms. The van der Waals surface area contributed by atoms with Crippen molar-refractivity contribution in [3.8, 4) is 0 Å². The normalized spacial score (nSPS) is 18.5. The van der Waals surface area contributed by atoms with Gasteiger partial charge in [0.2, 0.25) is 5.95 Å². The van der Waals surface area contributed by atoms with Crippen LogP contribution in [0.3, 0.4) is 0 Å². The van der Waals surface area contributed by atoms with Gasteiger partial charge < -0.3 is 11.1 Å². The van der Waals surface area contributed by atoms with Gasteiger partial charge in [-0.25, -0.2) is 4.68 Å². The molecule has 0 amide bonds. The minimum Gasteiger partial charge on any atom is -0.399 e. The first-order valence-corrected chi connectivity index (χ1v) is 5.76. The average Bonchev–Trinajstić information content (AvgIpc) is 2.68. The predicted molar refractivity (Wildman–Crippen MR) is 66.9 cm³/mol. The monoisotopic (exact) mass is 229 g/mol. The van der Waals surface area contributed by atoms with Gasteiger partial charge in [-0.15, -0.1) is 0 Å². The number of nitrogen functional groups attached to an aromatic ring is 1. The zero-order valence-electron chi connectivity index (χ0n) is 9.72. The molecule has 2 aromatic rings. The molecule has 3 N–H and O–H groups in total. The number of aryl methyl sites for hydroxylation is 1. The number of nitrogens with two attached hydrogens (primary N) is 1.